The van der Waals surface area contributed by atoms with Crippen LogP contribution in [0.25, 0.3) is 16.9 Å². The molecule has 0 radical (unpaired) electrons. The normalized spacial score (nSPS) is 11.8. The zero-order chi connectivity index (χ0) is 17.5. The van der Waals surface area contributed by atoms with Crippen LogP contribution in [0.5, 0.6) is 5.88 Å². The monoisotopic (exact) mass is 366 g/mol. The van der Waals surface area contributed by atoms with Gasteiger partial charge in [0.05, 0.1) is 12.6 Å². The molecular formula is C15H15ClN4O3S. The lowest BCUT2D eigenvalue weighted by Crippen LogP contribution is -2.11. The van der Waals surface area contributed by atoms with Crippen molar-refractivity contribution in [1.82, 2.24) is 14.5 Å². The van der Waals surface area contributed by atoms with Crippen molar-refractivity contribution in [2.45, 2.75) is 18.2 Å². The number of ether oxygens (including phenoxy) is 1. The highest BCUT2D eigenvalue weighted by Gasteiger charge is 2.20. The molecule has 7 nitrogen and oxygen atoms in total. The summed E-state index contributed by atoms with van der Waals surface area (Å²) in [5.74, 6) is 0.703. The Labute approximate surface area is 144 Å². The molecule has 126 valence electrons. The molecule has 0 aliphatic rings. The number of fused-ring (bicyclic) bond motifs is 1. The van der Waals surface area contributed by atoms with E-state index >= 15 is 0 Å². The minimum Gasteiger partial charge on any atom is -0.481 e. The summed E-state index contributed by atoms with van der Waals surface area (Å²) in [5, 5.41) is 6.22. The number of hydrogen-bond acceptors (Lipinski definition) is 5. The highest BCUT2D eigenvalue weighted by Crippen LogP contribution is 2.29. The third-order valence-corrected chi connectivity index (χ3v) is 4.81. The van der Waals surface area contributed by atoms with Crippen LogP contribution in [-0.4, -0.2) is 30.1 Å². The van der Waals surface area contributed by atoms with E-state index in [4.69, 9.17) is 21.5 Å². The SMILES string of the molecule is CCc1cnc(-n2cc(S(N)(=O)=O)c3ccc(Cl)cc32)nc1OC. The van der Waals surface area contributed by atoms with Gasteiger partial charge in [-0.1, -0.05) is 18.5 Å². The molecule has 0 amide bonds. The van der Waals surface area contributed by atoms with Gasteiger partial charge in [-0.25, -0.2) is 18.5 Å². The number of rotatable bonds is 4. The third kappa shape index (κ3) is 2.83. The Bertz CT molecular complexity index is 1030. The van der Waals surface area contributed by atoms with E-state index in [9.17, 15) is 8.42 Å². The third-order valence-electron chi connectivity index (χ3n) is 3.64. The van der Waals surface area contributed by atoms with Gasteiger partial charge in [0.2, 0.25) is 21.9 Å². The topological polar surface area (TPSA) is 100 Å². The molecule has 0 spiro atoms. The first-order valence-corrected chi connectivity index (χ1v) is 9.01. The van der Waals surface area contributed by atoms with Crippen LogP contribution in [0.3, 0.4) is 0 Å². The van der Waals surface area contributed by atoms with Crippen LogP contribution < -0.4 is 9.88 Å². The zero-order valence-corrected chi connectivity index (χ0v) is 14.6. The number of benzene rings is 1. The lowest BCUT2D eigenvalue weighted by atomic mass is 10.2. The van der Waals surface area contributed by atoms with Gasteiger partial charge in [-0.05, 0) is 24.6 Å². The maximum Gasteiger partial charge on any atom is 0.240 e. The van der Waals surface area contributed by atoms with Crippen LogP contribution in [0.2, 0.25) is 5.02 Å². The molecule has 0 fully saturated rings. The summed E-state index contributed by atoms with van der Waals surface area (Å²) in [5.41, 5.74) is 1.39. The van der Waals surface area contributed by atoms with E-state index < -0.39 is 10.0 Å². The predicted octanol–water partition coefficient (Wildman–Crippen LogP) is 2.29. The van der Waals surface area contributed by atoms with Crippen molar-refractivity contribution in [3.63, 3.8) is 0 Å². The van der Waals surface area contributed by atoms with Crippen LogP contribution >= 0.6 is 11.6 Å². The number of halogens is 1. The number of nitrogens with zero attached hydrogens (tertiary/aromatic N) is 3. The first-order valence-electron chi connectivity index (χ1n) is 7.08. The maximum absolute atomic E-state index is 11.9. The van der Waals surface area contributed by atoms with Crippen molar-refractivity contribution in [3.05, 3.63) is 41.2 Å². The van der Waals surface area contributed by atoms with Crippen LogP contribution in [0.4, 0.5) is 0 Å². The molecule has 3 rings (SSSR count). The average molecular weight is 367 g/mol. The molecule has 0 bridgehead atoms. The summed E-state index contributed by atoms with van der Waals surface area (Å²) >= 11 is 6.05. The molecule has 9 heteroatoms. The van der Waals surface area contributed by atoms with Gasteiger partial charge < -0.3 is 4.74 Å². The fraction of sp³-hybridized carbons (Fsp3) is 0.200. The van der Waals surface area contributed by atoms with E-state index in [0.717, 1.165) is 5.56 Å². The number of aryl methyl sites for hydroxylation is 1. The Morgan fingerprint density at radius 3 is 2.75 bits per heavy atom. The van der Waals surface area contributed by atoms with Crippen molar-refractivity contribution in [1.29, 1.82) is 0 Å². The molecule has 3 aromatic rings. The van der Waals surface area contributed by atoms with Crippen molar-refractivity contribution in [2.75, 3.05) is 7.11 Å². The Kier molecular flexibility index (Phi) is 4.20. The second-order valence-electron chi connectivity index (χ2n) is 5.13. The fourth-order valence-corrected chi connectivity index (χ4v) is 3.38. The first kappa shape index (κ1) is 16.7. The van der Waals surface area contributed by atoms with Crippen molar-refractivity contribution in [2.24, 2.45) is 5.14 Å². The van der Waals surface area contributed by atoms with Gasteiger partial charge in [-0.2, -0.15) is 4.98 Å². The van der Waals surface area contributed by atoms with Gasteiger partial charge in [-0.3, -0.25) is 4.57 Å². The van der Waals surface area contributed by atoms with E-state index in [2.05, 4.69) is 9.97 Å². The van der Waals surface area contributed by atoms with Gasteiger partial charge in [0.15, 0.2) is 0 Å². The van der Waals surface area contributed by atoms with E-state index in [1.54, 1.807) is 24.4 Å². The number of nitrogens with two attached hydrogens (primary N) is 1. The fourth-order valence-electron chi connectivity index (χ4n) is 2.48. The summed E-state index contributed by atoms with van der Waals surface area (Å²) in [6, 6.07) is 4.84. The minimum absolute atomic E-state index is 0.0173. The average Bonchev–Trinajstić information content (AvgIpc) is 2.93. The van der Waals surface area contributed by atoms with Crippen LogP contribution in [0.1, 0.15) is 12.5 Å². The number of hydrogen-bond donors (Lipinski definition) is 1. The molecule has 1 aromatic carbocycles. The van der Waals surface area contributed by atoms with Crippen molar-refractivity contribution in [3.8, 4) is 11.8 Å². The van der Waals surface area contributed by atoms with Gasteiger partial charge >= 0.3 is 0 Å². The molecular weight excluding hydrogens is 352 g/mol. The number of sulfonamides is 1. The largest absolute Gasteiger partial charge is 0.481 e. The summed E-state index contributed by atoms with van der Waals surface area (Å²) in [4.78, 5) is 8.64. The quantitative estimate of drug-likeness (QED) is 0.763. The van der Waals surface area contributed by atoms with Crippen LogP contribution in [-0.2, 0) is 16.4 Å². The van der Waals surface area contributed by atoms with E-state index in [0.29, 0.717) is 28.2 Å². The van der Waals surface area contributed by atoms with Gasteiger partial charge in [0, 0.05) is 28.4 Å². The van der Waals surface area contributed by atoms with Crippen molar-refractivity contribution < 1.29 is 13.2 Å². The maximum atomic E-state index is 11.9. The second kappa shape index (κ2) is 6.04. The molecule has 0 saturated carbocycles. The van der Waals surface area contributed by atoms with Crippen LogP contribution in [0.15, 0.2) is 35.5 Å². The Morgan fingerprint density at radius 1 is 1.38 bits per heavy atom. The van der Waals surface area contributed by atoms with Crippen LogP contribution in [0, 0.1) is 0 Å². The second-order valence-corrected chi connectivity index (χ2v) is 7.09. The van der Waals surface area contributed by atoms with Gasteiger partial charge in [-0.15, -0.1) is 0 Å². The highest BCUT2D eigenvalue weighted by molar-refractivity contribution is 7.89. The van der Waals surface area contributed by atoms with Gasteiger partial charge in [0.1, 0.15) is 4.90 Å². The summed E-state index contributed by atoms with van der Waals surface area (Å²) in [6.45, 7) is 1.96. The van der Waals surface area contributed by atoms with Crippen molar-refractivity contribution >= 4 is 32.5 Å². The number of methoxy groups -OCH3 is 1. The molecule has 2 heterocycles. The van der Waals surface area contributed by atoms with E-state index in [1.165, 1.54) is 17.9 Å². The molecule has 2 aromatic heterocycles. The highest BCUT2D eigenvalue weighted by atomic mass is 35.5. The van der Waals surface area contributed by atoms with E-state index in [-0.39, 0.29) is 10.8 Å². The predicted molar refractivity (Wildman–Crippen MR) is 91.2 cm³/mol. The zero-order valence-electron chi connectivity index (χ0n) is 13.0. The number of primary sulfonamides is 1. The molecule has 0 aliphatic carbocycles. The molecule has 24 heavy (non-hydrogen) atoms. The summed E-state index contributed by atoms with van der Waals surface area (Å²) in [7, 11) is -2.39. The minimum atomic E-state index is -3.91. The molecule has 0 unspecified atom stereocenters. The summed E-state index contributed by atoms with van der Waals surface area (Å²) < 4.78 is 30.5. The Balaban J connectivity index is 2.32. The molecule has 0 aliphatic heterocycles. The molecule has 0 saturated heterocycles. The van der Waals surface area contributed by atoms with E-state index in [1.807, 2.05) is 6.92 Å². The lowest BCUT2D eigenvalue weighted by Gasteiger charge is -2.08. The molecule has 2 N–H and O–H groups in total. The lowest BCUT2D eigenvalue weighted by molar-refractivity contribution is 0.391. The van der Waals surface area contributed by atoms with Gasteiger partial charge in [0.25, 0.3) is 0 Å². The summed E-state index contributed by atoms with van der Waals surface area (Å²) in [6.07, 6.45) is 3.75. The standard InChI is InChI=1S/C15H15ClN4O3S/c1-3-9-7-18-15(19-14(9)23-2)20-8-13(24(17,21)22)11-5-4-10(16)6-12(11)20/h4-8H,3H2,1-2H3,(H2,17,21,22). The number of aromatic nitrogens is 3. The smallest absolute Gasteiger partial charge is 0.240 e. The first-order chi connectivity index (χ1) is 11.3. The Morgan fingerprint density at radius 2 is 2.12 bits per heavy atom. The molecule has 0 atom stereocenters. The Hall–Kier alpha value is -2.16.